The summed E-state index contributed by atoms with van der Waals surface area (Å²) in [6, 6.07) is 35.0. The molecule has 0 bridgehead atoms. The van der Waals surface area contributed by atoms with E-state index in [9.17, 15) is 46.7 Å². The van der Waals surface area contributed by atoms with Crippen LogP contribution in [0.3, 0.4) is 0 Å². The minimum atomic E-state index is -4.24. The summed E-state index contributed by atoms with van der Waals surface area (Å²) in [5.41, 5.74) is 9.44. The fourth-order valence-electron chi connectivity index (χ4n) is 15.5. The predicted octanol–water partition coefficient (Wildman–Crippen LogP) is 12.7. The topological polar surface area (TPSA) is 549 Å². The molecule has 0 spiro atoms. The molecule has 0 atom stereocenters. The Bertz CT molecular complexity index is 6650. The number of rotatable bonds is 23. The lowest BCUT2D eigenvalue weighted by molar-refractivity contribution is -0.158. The molecule has 21 heterocycles. The number of likely N-dealkylation sites (tertiary alicyclic amines) is 5. The summed E-state index contributed by atoms with van der Waals surface area (Å²) >= 11 is 0. The van der Waals surface area contributed by atoms with Crippen LogP contribution in [-0.2, 0) is 19.2 Å². The van der Waals surface area contributed by atoms with Gasteiger partial charge in [-0.2, -0.15) is 54.0 Å². The molecule has 21 rings (SSSR count). The fraction of sp³-hybridized carbons (Fsp3) is 0.258. The fourth-order valence-corrected chi connectivity index (χ4v) is 15.5. The van der Waals surface area contributed by atoms with E-state index in [1.54, 1.807) is 180 Å². The summed E-state index contributed by atoms with van der Waals surface area (Å²) in [4.78, 5) is 132. The first kappa shape index (κ1) is 95.3. The predicted molar refractivity (Wildman–Crippen MR) is 495 cm³/mol. The summed E-state index contributed by atoms with van der Waals surface area (Å²) in [6.45, 7) is 11.7. The molecular weight excluding hydrogens is 1820 g/mol. The highest BCUT2D eigenvalue weighted by atomic mass is 19.4. The molecule has 5 fully saturated rings. The van der Waals surface area contributed by atoms with Crippen molar-refractivity contribution in [2.75, 3.05) is 93.3 Å². The standard InChI is InChI=1S/C24H24N8O3.2C23H23N7O3.C21H18F3N7O2.2CH2O2/c33-23(21-7-6-20(35-21)16-11-26-27-12-16)28-19-15-32(29-22(19)18-5-1-2-8-25-18)17-13-31(14-17)24(34)30-9-3-4-10-30;2*1-14(2)23(32)29-11-16(12-29)30-13-18(21(28-30)17-5-3-4-8-24-17)27-22(31)20-7-6-19(33-20)15-9-25-26-10-15;22-21(23,24)12-30-9-14(10-30)31-11-16(19(29-31)15-3-1-2-6-25-15)28-20(32)18-5-4-17(33-18)13-7-26-27-8-13;2*2-1-3/h1-2,5-8,11-12,15,17H,3-4,9-10,13-14H2,(H,26,27)(H,28,33);2*3-10,13-14,16H,11-12H2,1-2H3,(H,25,26)(H,27,31);1-8,11,14H,9-10,12H2,(H,26,27)(H,28,32);2*1H,(H,2,3). The molecule has 8 amide bonds. The molecule has 0 radical (unpaired) electrons. The molecule has 0 saturated carbocycles. The van der Waals surface area contributed by atoms with Gasteiger partial charge in [-0.3, -0.25) is 102 Å². The summed E-state index contributed by atoms with van der Waals surface area (Å²) in [7, 11) is 0. The molecule has 0 aliphatic carbocycles. The van der Waals surface area contributed by atoms with E-state index in [2.05, 4.69) is 87.1 Å². The maximum absolute atomic E-state index is 13.0. The van der Waals surface area contributed by atoms with Crippen molar-refractivity contribution in [3.8, 4) is 90.8 Å². The Balaban J connectivity index is 0.000000132. The Morgan fingerprint density at radius 2 is 0.657 bits per heavy atom. The quantitative estimate of drug-likeness (QED) is 0.0266. The number of hydrogen-bond acceptors (Lipinski definition) is 26. The average Bonchev–Trinajstić information content (AvgIpc) is 1.69. The molecule has 10 N–H and O–H groups in total. The first-order chi connectivity index (χ1) is 67.8. The number of aromatic nitrogens is 20. The number of anilines is 4. The first-order valence-electron chi connectivity index (χ1n) is 44.0. The molecule has 44 nitrogen and oxygen atoms in total. The van der Waals surface area contributed by atoms with Gasteiger partial charge >= 0.3 is 12.2 Å². The van der Waals surface area contributed by atoms with E-state index in [1.165, 1.54) is 4.90 Å². The van der Waals surface area contributed by atoms with Gasteiger partial charge in [-0.25, -0.2) is 4.79 Å². The van der Waals surface area contributed by atoms with Crippen molar-refractivity contribution in [1.82, 2.24) is 124 Å². The van der Waals surface area contributed by atoms with Crippen LogP contribution in [0.5, 0.6) is 0 Å². The molecule has 140 heavy (non-hydrogen) atoms. The van der Waals surface area contributed by atoms with Crippen molar-refractivity contribution < 1.29 is 84.2 Å². The number of urea groups is 1. The number of nitrogens with zero attached hydrogens (tertiary/aromatic N) is 21. The average molecular weight is 1910 g/mol. The second-order valence-electron chi connectivity index (χ2n) is 33.1. The van der Waals surface area contributed by atoms with Gasteiger partial charge in [-0.1, -0.05) is 52.0 Å². The van der Waals surface area contributed by atoms with E-state index in [4.69, 9.17) is 52.8 Å². The zero-order valence-corrected chi connectivity index (χ0v) is 75.3. The van der Waals surface area contributed by atoms with Gasteiger partial charge in [-0.05, 0) is 110 Å². The van der Waals surface area contributed by atoms with Crippen molar-refractivity contribution in [3.05, 3.63) is 244 Å². The van der Waals surface area contributed by atoms with Gasteiger partial charge in [0.05, 0.1) is 123 Å². The van der Waals surface area contributed by atoms with Crippen LogP contribution in [-0.4, -0.2) is 267 Å². The number of hydrogen-bond donors (Lipinski definition) is 10. The van der Waals surface area contributed by atoms with Gasteiger partial charge < -0.3 is 68.7 Å². The van der Waals surface area contributed by atoms with Crippen LogP contribution < -0.4 is 21.3 Å². The molecule has 5 saturated heterocycles. The van der Waals surface area contributed by atoms with Gasteiger partial charge in [0.2, 0.25) is 11.8 Å². The Hall–Kier alpha value is -17.8. The van der Waals surface area contributed by atoms with Crippen LogP contribution in [0.25, 0.3) is 90.8 Å². The number of halogens is 3. The number of furan rings is 4. The lowest BCUT2D eigenvalue weighted by atomic mass is 10.1. The van der Waals surface area contributed by atoms with Crippen molar-refractivity contribution in [2.24, 2.45) is 11.8 Å². The van der Waals surface area contributed by atoms with Crippen molar-refractivity contribution in [1.29, 1.82) is 0 Å². The van der Waals surface area contributed by atoms with Crippen LogP contribution in [0.4, 0.5) is 40.7 Å². The van der Waals surface area contributed by atoms with E-state index in [0.29, 0.717) is 136 Å². The van der Waals surface area contributed by atoms with Gasteiger partial charge in [0.25, 0.3) is 36.6 Å². The van der Waals surface area contributed by atoms with E-state index < -0.39 is 36.3 Å². The zero-order chi connectivity index (χ0) is 98.1. The van der Waals surface area contributed by atoms with Gasteiger partial charge in [-0.15, -0.1) is 0 Å². The molecule has 0 unspecified atom stereocenters. The Kier molecular flexibility index (Phi) is 29.4. The monoisotopic (exact) mass is 1910 g/mol. The van der Waals surface area contributed by atoms with Crippen molar-refractivity contribution in [3.63, 3.8) is 0 Å². The second kappa shape index (κ2) is 43.2. The molecule has 0 aromatic carbocycles. The molecule has 5 aliphatic rings. The van der Waals surface area contributed by atoms with E-state index in [1.807, 2.05) is 107 Å². The smallest absolute Gasteiger partial charge is 0.401 e. The maximum Gasteiger partial charge on any atom is 0.401 e. The summed E-state index contributed by atoms with van der Waals surface area (Å²) in [6.07, 6.45) is 24.6. The molecule has 720 valence electrons. The second-order valence-corrected chi connectivity index (χ2v) is 33.1. The third kappa shape index (κ3) is 22.7. The minimum absolute atomic E-state index is 0.0333. The van der Waals surface area contributed by atoms with Crippen LogP contribution in [0.2, 0.25) is 0 Å². The Morgan fingerprint density at radius 1 is 0.393 bits per heavy atom. The first-order valence-corrected chi connectivity index (χ1v) is 44.0. The highest BCUT2D eigenvalue weighted by Gasteiger charge is 2.41. The number of aromatic amines is 4. The Morgan fingerprint density at radius 3 is 0.893 bits per heavy atom. The number of alkyl halides is 3. The summed E-state index contributed by atoms with van der Waals surface area (Å²) in [5, 5.41) is 70.3. The highest BCUT2D eigenvalue weighted by molar-refractivity contribution is 6.07. The van der Waals surface area contributed by atoms with Gasteiger partial charge in [0, 0.05) is 152 Å². The Labute approximate surface area is 792 Å². The largest absolute Gasteiger partial charge is 0.483 e. The van der Waals surface area contributed by atoms with E-state index in [0.717, 1.165) is 42.6 Å². The maximum atomic E-state index is 13.0. The van der Waals surface area contributed by atoms with Gasteiger partial charge in [0.1, 0.15) is 45.8 Å². The minimum Gasteiger partial charge on any atom is -0.483 e. The SMILES string of the molecule is CC(C)C(=O)N1CC(n2cc(NC(=O)c3ccc(-c4cn[nH]c4)o3)c(-c3ccccn3)n2)C1.CC(C)C(=O)N1CC(n2cc(NC(=O)c3ccc(-c4cn[nH]c4)o3)c(-c3ccccn3)n2)C1.O=C(Nc1cn(C2CN(C(=O)N3CCCC3)C2)nc1-c1ccccn1)c1ccc(-c2cn[nH]c2)o1.O=C(Nc1cn(C2CN(CC(F)(F)F)C2)nc1-c1ccccn1)c1ccc(-c2cn[nH]c2)o1.O=CO.O=CO. The number of nitrogens with one attached hydrogen (secondary N) is 8. The molecule has 5 aliphatic heterocycles. The third-order valence-corrected chi connectivity index (χ3v) is 22.7. The number of amides is 8. The molecular formula is C93H92F3N29O15. The molecule has 16 aromatic heterocycles. The number of H-pyrrole nitrogens is 4. The number of carbonyl (C=O) groups is 9. The van der Waals surface area contributed by atoms with Crippen LogP contribution in [0, 0.1) is 11.8 Å². The number of carbonyl (C=O) groups excluding carboxylic acids is 7. The summed E-state index contributed by atoms with van der Waals surface area (Å²) < 4.78 is 67.5. The summed E-state index contributed by atoms with van der Waals surface area (Å²) in [5.74, 6) is 1.21. The van der Waals surface area contributed by atoms with Crippen LogP contribution >= 0.6 is 0 Å². The lowest BCUT2D eigenvalue weighted by Gasteiger charge is -2.41. The molecule has 47 heteroatoms. The zero-order valence-electron chi connectivity index (χ0n) is 75.3. The van der Waals surface area contributed by atoms with Crippen molar-refractivity contribution in [2.45, 2.75) is 70.9 Å². The van der Waals surface area contributed by atoms with E-state index >= 15 is 0 Å². The number of carboxylic acid groups (broad SMARTS) is 2. The van der Waals surface area contributed by atoms with Crippen LogP contribution in [0.15, 0.2) is 238 Å². The lowest BCUT2D eigenvalue weighted by Crippen LogP contribution is -2.54. The normalized spacial score (nSPS) is 14.2. The third-order valence-electron chi connectivity index (χ3n) is 22.7. The number of pyridine rings is 4. The van der Waals surface area contributed by atoms with E-state index in [-0.39, 0.29) is 103 Å². The molecule has 16 aromatic rings. The van der Waals surface area contributed by atoms with Crippen molar-refractivity contribution >= 4 is 77.2 Å². The van der Waals surface area contributed by atoms with Gasteiger partial charge in [0.15, 0.2) is 23.0 Å². The van der Waals surface area contributed by atoms with Crippen LogP contribution in [0.1, 0.15) is 107 Å². The highest BCUT2D eigenvalue weighted by Crippen LogP contribution is 2.38.